The maximum absolute atomic E-state index is 12.7. The summed E-state index contributed by atoms with van der Waals surface area (Å²) in [6.07, 6.45) is -2.92. The summed E-state index contributed by atoms with van der Waals surface area (Å²) in [5.41, 5.74) is -0.312. The molecule has 0 atom stereocenters. The number of piperazine rings is 1. The van der Waals surface area contributed by atoms with E-state index in [2.05, 4.69) is 15.0 Å². The molecule has 3 heterocycles. The van der Waals surface area contributed by atoms with Gasteiger partial charge in [0.2, 0.25) is 0 Å². The van der Waals surface area contributed by atoms with Crippen LogP contribution < -0.4 is 0 Å². The zero-order valence-electron chi connectivity index (χ0n) is 15.2. The summed E-state index contributed by atoms with van der Waals surface area (Å²) < 4.78 is 48.3. The summed E-state index contributed by atoms with van der Waals surface area (Å²) in [7, 11) is 0. The molecule has 0 radical (unpaired) electrons. The first-order chi connectivity index (χ1) is 13.9. The number of hydrogen-bond acceptors (Lipinski definition) is 6. The fourth-order valence-corrected chi connectivity index (χ4v) is 3.10. The second-order valence-electron chi connectivity index (χ2n) is 6.64. The van der Waals surface area contributed by atoms with E-state index in [9.17, 15) is 18.0 Å². The molecule has 1 aliphatic rings. The van der Waals surface area contributed by atoms with Gasteiger partial charge in [-0.05, 0) is 36.4 Å². The molecule has 7 nitrogen and oxygen atoms in total. The summed E-state index contributed by atoms with van der Waals surface area (Å²) in [6, 6.07) is 7.88. The summed E-state index contributed by atoms with van der Waals surface area (Å²) >= 11 is 0. The lowest BCUT2D eigenvalue weighted by molar-refractivity contribution is -0.137. The van der Waals surface area contributed by atoms with Crippen molar-refractivity contribution in [2.75, 3.05) is 26.2 Å². The van der Waals surface area contributed by atoms with E-state index in [1.165, 1.54) is 18.4 Å². The average Bonchev–Trinajstić information content (AvgIpc) is 3.40. The van der Waals surface area contributed by atoms with Crippen molar-refractivity contribution >= 4 is 5.91 Å². The quantitative estimate of drug-likeness (QED) is 0.662. The molecule has 1 saturated heterocycles. The van der Waals surface area contributed by atoms with Crippen LogP contribution in [0.3, 0.4) is 0 Å². The highest BCUT2D eigenvalue weighted by molar-refractivity contribution is 5.91. The number of hydrogen-bond donors (Lipinski definition) is 0. The van der Waals surface area contributed by atoms with Crippen LogP contribution in [0.5, 0.6) is 0 Å². The second-order valence-corrected chi connectivity index (χ2v) is 6.64. The van der Waals surface area contributed by atoms with Crippen LogP contribution in [0, 0.1) is 0 Å². The average molecular weight is 406 g/mol. The van der Waals surface area contributed by atoms with Gasteiger partial charge in [0.1, 0.15) is 0 Å². The van der Waals surface area contributed by atoms with Crippen LogP contribution >= 0.6 is 0 Å². The Morgan fingerprint density at radius 1 is 1.07 bits per heavy atom. The number of rotatable bonds is 4. The normalized spacial score (nSPS) is 15.6. The predicted molar refractivity (Wildman–Crippen MR) is 94.6 cm³/mol. The minimum atomic E-state index is -4.39. The van der Waals surface area contributed by atoms with Gasteiger partial charge in [0.15, 0.2) is 11.6 Å². The Morgan fingerprint density at radius 3 is 2.41 bits per heavy atom. The predicted octanol–water partition coefficient (Wildman–Crippen LogP) is 3.31. The number of halogens is 3. The number of carbonyl (C=O) groups excluding carboxylic acids is 1. The van der Waals surface area contributed by atoms with Crippen molar-refractivity contribution in [2.24, 2.45) is 0 Å². The van der Waals surface area contributed by atoms with Gasteiger partial charge in [0, 0.05) is 31.7 Å². The molecule has 1 fully saturated rings. The standard InChI is InChI=1S/C19H17F3N4O3/c20-19(21,22)14-5-3-13(4-6-14)17-23-16(24-29-17)12-25-7-9-26(10-8-25)18(27)15-2-1-11-28-15/h1-6,11H,7-10,12H2. The molecule has 0 spiro atoms. The second kappa shape index (κ2) is 7.70. The summed E-state index contributed by atoms with van der Waals surface area (Å²) in [4.78, 5) is 20.3. The lowest BCUT2D eigenvalue weighted by Crippen LogP contribution is -2.48. The van der Waals surface area contributed by atoms with E-state index in [1.54, 1.807) is 17.0 Å². The molecule has 1 amide bonds. The number of amides is 1. The van der Waals surface area contributed by atoms with Crippen LogP contribution in [0.15, 0.2) is 51.6 Å². The highest BCUT2D eigenvalue weighted by atomic mass is 19.4. The molecule has 0 aliphatic carbocycles. The molecule has 0 unspecified atom stereocenters. The first kappa shape index (κ1) is 19.2. The highest BCUT2D eigenvalue weighted by Gasteiger charge is 2.30. The first-order valence-corrected chi connectivity index (χ1v) is 8.95. The Labute approximate surface area is 163 Å². The lowest BCUT2D eigenvalue weighted by Gasteiger charge is -2.33. The number of benzene rings is 1. The van der Waals surface area contributed by atoms with Gasteiger partial charge in [-0.25, -0.2) is 0 Å². The van der Waals surface area contributed by atoms with Crippen LogP contribution in [0.4, 0.5) is 13.2 Å². The monoisotopic (exact) mass is 406 g/mol. The van der Waals surface area contributed by atoms with Gasteiger partial charge in [-0.1, -0.05) is 5.16 Å². The third kappa shape index (κ3) is 4.32. The van der Waals surface area contributed by atoms with E-state index < -0.39 is 11.7 Å². The number of nitrogens with zero attached hydrogens (tertiary/aromatic N) is 4. The molecule has 152 valence electrons. The van der Waals surface area contributed by atoms with Gasteiger partial charge in [0.25, 0.3) is 11.8 Å². The summed E-state index contributed by atoms with van der Waals surface area (Å²) in [6.45, 7) is 2.78. The molecule has 0 bridgehead atoms. The lowest BCUT2D eigenvalue weighted by atomic mass is 10.1. The number of furan rings is 1. The van der Waals surface area contributed by atoms with E-state index in [-0.39, 0.29) is 11.8 Å². The van der Waals surface area contributed by atoms with Gasteiger partial charge >= 0.3 is 6.18 Å². The Morgan fingerprint density at radius 2 is 1.79 bits per heavy atom. The van der Waals surface area contributed by atoms with E-state index in [0.29, 0.717) is 49.9 Å². The Hall–Kier alpha value is -3.14. The van der Waals surface area contributed by atoms with Crippen molar-refractivity contribution < 1.29 is 26.9 Å². The first-order valence-electron chi connectivity index (χ1n) is 8.95. The van der Waals surface area contributed by atoms with E-state index in [1.807, 2.05) is 0 Å². The largest absolute Gasteiger partial charge is 0.459 e. The molecule has 1 aromatic carbocycles. The third-order valence-electron chi connectivity index (χ3n) is 4.68. The van der Waals surface area contributed by atoms with Crippen LogP contribution in [-0.2, 0) is 12.7 Å². The number of aromatic nitrogens is 2. The molecule has 2 aromatic heterocycles. The molecular weight excluding hydrogens is 389 g/mol. The fourth-order valence-electron chi connectivity index (χ4n) is 3.10. The molecule has 1 aliphatic heterocycles. The minimum absolute atomic E-state index is 0.140. The van der Waals surface area contributed by atoms with Gasteiger partial charge in [-0.2, -0.15) is 18.2 Å². The Bertz CT molecular complexity index is 960. The zero-order valence-corrected chi connectivity index (χ0v) is 15.2. The Kier molecular flexibility index (Phi) is 5.10. The summed E-state index contributed by atoms with van der Waals surface area (Å²) in [5, 5.41) is 3.91. The van der Waals surface area contributed by atoms with Gasteiger partial charge < -0.3 is 13.8 Å². The third-order valence-corrected chi connectivity index (χ3v) is 4.68. The van der Waals surface area contributed by atoms with Gasteiger partial charge in [0.05, 0.1) is 18.4 Å². The molecule has 29 heavy (non-hydrogen) atoms. The molecule has 3 aromatic rings. The van der Waals surface area contributed by atoms with Crippen LogP contribution in [0.2, 0.25) is 0 Å². The fraction of sp³-hybridized carbons (Fsp3) is 0.316. The molecular formula is C19H17F3N4O3. The smallest absolute Gasteiger partial charge is 0.416 e. The Balaban J connectivity index is 1.34. The number of alkyl halides is 3. The molecule has 10 heteroatoms. The number of carbonyl (C=O) groups is 1. The van der Waals surface area contributed by atoms with Crippen LogP contribution in [0.1, 0.15) is 21.9 Å². The molecule has 0 saturated carbocycles. The topological polar surface area (TPSA) is 75.6 Å². The van der Waals surface area contributed by atoms with Crippen LogP contribution in [0.25, 0.3) is 11.5 Å². The van der Waals surface area contributed by atoms with Crippen molar-refractivity contribution in [3.8, 4) is 11.5 Å². The zero-order chi connectivity index (χ0) is 20.4. The molecule has 0 N–H and O–H groups in total. The van der Waals surface area contributed by atoms with Gasteiger partial charge in [-0.15, -0.1) is 0 Å². The molecule has 4 rings (SSSR count). The highest BCUT2D eigenvalue weighted by Crippen LogP contribution is 2.30. The van der Waals surface area contributed by atoms with E-state index >= 15 is 0 Å². The maximum atomic E-state index is 12.7. The SMILES string of the molecule is O=C(c1ccco1)N1CCN(Cc2noc(-c3ccc(C(F)(F)F)cc3)n2)CC1. The van der Waals surface area contributed by atoms with Crippen molar-refractivity contribution in [1.82, 2.24) is 19.9 Å². The van der Waals surface area contributed by atoms with E-state index in [4.69, 9.17) is 8.94 Å². The van der Waals surface area contributed by atoms with E-state index in [0.717, 1.165) is 12.1 Å². The van der Waals surface area contributed by atoms with Crippen molar-refractivity contribution in [1.29, 1.82) is 0 Å². The minimum Gasteiger partial charge on any atom is -0.459 e. The van der Waals surface area contributed by atoms with Gasteiger partial charge in [-0.3, -0.25) is 9.69 Å². The van der Waals surface area contributed by atoms with Crippen molar-refractivity contribution in [2.45, 2.75) is 12.7 Å². The van der Waals surface area contributed by atoms with Crippen molar-refractivity contribution in [3.63, 3.8) is 0 Å². The van der Waals surface area contributed by atoms with Crippen molar-refractivity contribution in [3.05, 3.63) is 59.8 Å². The van der Waals surface area contributed by atoms with Crippen LogP contribution in [-0.4, -0.2) is 52.0 Å². The maximum Gasteiger partial charge on any atom is 0.416 e. The summed E-state index contributed by atoms with van der Waals surface area (Å²) in [5.74, 6) is 0.780.